The summed E-state index contributed by atoms with van der Waals surface area (Å²) in [6.45, 7) is -0.307. The van der Waals surface area contributed by atoms with Gasteiger partial charge in [0.1, 0.15) is 10.7 Å². The molecule has 1 heterocycles. The molecule has 1 aromatic rings. The predicted octanol–water partition coefficient (Wildman–Crippen LogP) is -2.07. The van der Waals surface area contributed by atoms with Gasteiger partial charge >= 0.3 is 0 Å². The summed E-state index contributed by atoms with van der Waals surface area (Å²) in [5.74, 6) is 4.90. The Balaban J connectivity index is 2.74. The van der Waals surface area contributed by atoms with Crippen molar-refractivity contribution in [2.45, 2.75) is 4.90 Å². The highest BCUT2D eigenvalue weighted by atomic mass is 32.2. The van der Waals surface area contributed by atoms with Gasteiger partial charge in [-0.25, -0.2) is 37.5 Å². The molecule has 0 radical (unpaired) electrons. The van der Waals surface area contributed by atoms with Crippen LogP contribution in [0.1, 0.15) is 0 Å². The largest absolute Gasteiger partial charge is 0.308 e. The van der Waals surface area contributed by atoms with E-state index in [1.54, 1.807) is 0 Å². The molecular weight excluding hydrogens is 282 g/mol. The molecule has 0 fully saturated rings. The number of aromatic nitrogens is 1. The Morgan fingerprint density at radius 3 is 2.33 bits per heavy atom. The van der Waals surface area contributed by atoms with Gasteiger partial charge < -0.3 is 5.43 Å². The first-order valence-electron chi connectivity index (χ1n) is 4.67. The Morgan fingerprint density at radius 1 is 1.22 bits per heavy atom. The van der Waals surface area contributed by atoms with E-state index < -0.39 is 25.8 Å². The van der Waals surface area contributed by atoms with E-state index in [4.69, 9.17) is 11.0 Å². The SMILES string of the molecule is NNc1ccc(S(=O)(=O)NCCS(N)(=O)=O)cn1. The quantitative estimate of drug-likeness (QED) is 0.347. The highest BCUT2D eigenvalue weighted by Gasteiger charge is 2.15. The summed E-state index contributed by atoms with van der Waals surface area (Å²) in [5, 5.41) is 4.74. The smallest absolute Gasteiger partial charge is 0.242 e. The van der Waals surface area contributed by atoms with Crippen LogP contribution in [0.5, 0.6) is 0 Å². The molecule has 0 aliphatic carbocycles. The molecule has 11 heteroatoms. The van der Waals surface area contributed by atoms with E-state index in [9.17, 15) is 16.8 Å². The van der Waals surface area contributed by atoms with Gasteiger partial charge in [-0.15, -0.1) is 0 Å². The minimum absolute atomic E-state index is 0.101. The van der Waals surface area contributed by atoms with Crippen molar-refractivity contribution >= 4 is 25.9 Å². The van der Waals surface area contributed by atoms with E-state index in [1.165, 1.54) is 12.1 Å². The van der Waals surface area contributed by atoms with Crippen molar-refractivity contribution in [1.82, 2.24) is 9.71 Å². The van der Waals surface area contributed by atoms with E-state index in [0.29, 0.717) is 5.82 Å². The Bertz CT molecular complexity index is 595. The highest BCUT2D eigenvalue weighted by molar-refractivity contribution is 7.90. The third-order valence-electron chi connectivity index (χ3n) is 1.87. The zero-order valence-electron chi connectivity index (χ0n) is 9.20. The summed E-state index contributed by atoms with van der Waals surface area (Å²) in [7, 11) is -7.52. The van der Waals surface area contributed by atoms with Gasteiger partial charge in [0.25, 0.3) is 0 Å². The van der Waals surface area contributed by atoms with Crippen LogP contribution in [-0.2, 0) is 20.0 Å². The average molecular weight is 295 g/mol. The molecule has 0 aliphatic heterocycles. The molecule has 18 heavy (non-hydrogen) atoms. The number of pyridine rings is 1. The lowest BCUT2D eigenvalue weighted by Crippen LogP contribution is -2.31. The van der Waals surface area contributed by atoms with Gasteiger partial charge in [0.05, 0.1) is 5.75 Å². The zero-order valence-corrected chi connectivity index (χ0v) is 10.8. The fourth-order valence-corrected chi connectivity index (χ4v) is 2.52. The van der Waals surface area contributed by atoms with Gasteiger partial charge in [-0.1, -0.05) is 0 Å². The van der Waals surface area contributed by atoms with Crippen molar-refractivity contribution in [3.8, 4) is 0 Å². The summed E-state index contributed by atoms with van der Waals surface area (Å²) in [4.78, 5) is 3.62. The number of nitrogens with zero attached hydrogens (tertiary/aromatic N) is 1. The third kappa shape index (κ3) is 4.54. The Labute approximate surface area is 105 Å². The maximum Gasteiger partial charge on any atom is 0.242 e. The maximum absolute atomic E-state index is 11.7. The van der Waals surface area contributed by atoms with Crippen LogP contribution >= 0.6 is 0 Å². The summed E-state index contributed by atoms with van der Waals surface area (Å²) in [6.07, 6.45) is 1.09. The number of rotatable bonds is 6. The summed E-state index contributed by atoms with van der Waals surface area (Å²) >= 11 is 0. The van der Waals surface area contributed by atoms with Gasteiger partial charge in [-0.3, -0.25) is 0 Å². The molecule has 1 rings (SSSR count). The molecule has 9 nitrogen and oxygen atoms in total. The van der Waals surface area contributed by atoms with E-state index in [-0.39, 0.29) is 11.4 Å². The van der Waals surface area contributed by atoms with Crippen molar-refractivity contribution in [3.63, 3.8) is 0 Å². The third-order valence-corrected chi connectivity index (χ3v) is 4.09. The number of nitrogens with one attached hydrogen (secondary N) is 2. The summed E-state index contributed by atoms with van der Waals surface area (Å²) in [5.41, 5.74) is 2.25. The number of nitrogens with two attached hydrogens (primary N) is 2. The predicted molar refractivity (Wildman–Crippen MR) is 65.2 cm³/mol. The molecule has 102 valence electrons. The Kier molecular flexibility index (Phi) is 4.59. The molecule has 0 saturated heterocycles. The minimum atomic E-state index is -3.81. The number of anilines is 1. The van der Waals surface area contributed by atoms with Crippen LogP contribution in [0.15, 0.2) is 23.2 Å². The lowest BCUT2D eigenvalue weighted by Gasteiger charge is -2.06. The van der Waals surface area contributed by atoms with Crippen LogP contribution in [0.2, 0.25) is 0 Å². The van der Waals surface area contributed by atoms with Gasteiger partial charge in [-0.05, 0) is 12.1 Å². The molecular formula is C7H13N5O4S2. The van der Waals surface area contributed by atoms with E-state index in [2.05, 4.69) is 15.1 Å². The molecule has 1 aromatic heterocycles. The van der Waals surface area contributed by atoms with E-state index in [1.807, 2.05) is 0 Å². The van der Waals surface area contributed by atoms with Crippen molar-refractivity contribution < 1.29 is 16.8 Å². The zero-order chi connectivity index (χ0) is 13.8. The van der Waals surface area contributed by atoms with Crippen molar-refractivity contribution in [3.05, 3.63) is 18.3 Å². The molecule has 0 aliphatic rings. The summed E-state index contributed by atoms with van der Waals surface area (Å²) < 4.78 is 46.7. The van der Waals surface area contributed by atoms with Crippen molar-refractivity contribution in [1.29, 1.82) is 0 Å². The van der Waals surface area contributed by atoms with Crippen LogP contribution in [0.4, 0.5) is 5.82 Å². The molecule has 0 amide bonds. The number of hydrazine groups is 1. The number of hydrogen-bond acceptors (Lipinski definition) is 7. The van der Waals surface area contributed by atoms with Crippen molar-refractivity contribution in [2.24, 2.45) is 11.0 Å². The Morgan fingerprint density at radius 2 is 1.89 bits per heavy atom. The molecule has 0 saturated carbocycles. The van der Waals surface area contributed by atoms with Crippen LogP contribution in [0, 0.1) is 0 Å². The minimum Gasteiger partial charge on any atom is -0.308 e. The van der Waals surface area contributed by atoms with Crippen LogP contribution in [0.3, 0.4) is 0 Å². The number of hydrogen-bond donors (Lipinski definition) is 4. The molecule has 0 unspecified atom stereocenters. The average Bonchev–Trinajstić information content (AvgIpc) is 2.27. The second-order valence-electron chi connectivity index (χ2n) is 3.29. The topological polar surface area (TPSA) is 157 Å². The van der Waals surface area contributed by atoms with Gasteiger partial charge in [0.15, 0.2) is 0 Å². The van der Waals surface area contributed by atoms with Crippen molar-refractivity contribution in [2.75, 3.05) is 17.7 Å². The lowest BCUT2D eigenvalue weighted by molar-refractivity contribution is 0.581. The second-order valence-corrected chi connectivity index (χ2v) is 6.79. The molecule has 0 bridgehead atoms. The molecule has 0 aromatic carbocycles. The van der Waals surface area contributed by atoms with Gasteiger partial charge in [0.2, 0.25) is 20.0 Å². The first-order chi connectivity index (χ1) is 8.24. The molecule has 0 atom stereocenters. The maximum atomic E-state index is 11.7. The van der Waals surface area contributed by atoms with Gasteiger partial charge in [-0.2, -0.15) is 0 Å². The summed E-state index contributed by atoms with van der Waals surface area (Å²) in [6, 6.07) is 2.65. The fraction of sp³-hybridized carbons (Fsp3) is 0.286. The van der Waals surface area contributed by atoms with Crippen LogP contribution in [-0.4, -0.2) is 34.1 Å². The Hall–Kier alpha value is -1.27. The first-order valence-corrected chi connectivity index (χ1v) is 7.87. The second kappa shape index (κ2) is 5.58. The monoisotopic (exact) mass is 295 g/mol. The standard InChI is InChI=1S/C7H13N5O4S2/c8-12-7-2-1-6(5-10-7)18(15,16)11-3-4-17(9,13)14/h1-2,5,11H,3-4,8H2,(H,10,12)(H2,9,13,14). The van der Waals surface area contributed by atoms with E-state index in [0.717, 1.165) is 6.20 Å². The van der Waals surface area contributed by atoms with Crippen LogP contribution in [0.25, 0.3) is 0 Å². The van der Waals surface area contributed by atoms with E-state index >= 15 is 0 Å². The lowest BCUT2D eigenvalue weighted by atomic mass is 10.5. The van der Waals surface area contributed by atoms with Gasteiger partial charge in [0, 0.05) is 12.7 Å². The molecule has 0 spiro atoms. The highest BCUT2D eigenvalue weighted by Crippen LogP contribution is 2.09. The molecule has 6 N–H and O–H groups in total. The number of primary sulfonamides is 1. The normalized spacial score (nSPS) is 12.3. The number of nitrogen functional groups attached to an aromatic ring is 1. The first kappa shape index (κ1) is 14.8. The van der Waals surface area contributed by atoms with Crippen LogP contribution < -0.4 is 21.1 Å². The fourth-order valence-electron chi connectivity index (χ4n) is 1.03. The number of sulfonamides is 2.